The van der Waals surface area contributed by atoms with E-state index in [2.05, 4.69) is 17.6 Å². The summed E-state index contributed by atoms with van der Waals surface area (Å²) in [5.41, 5.74) is 0. The van der Waals surface area contributed by atoms with E-state index in [1.54, 1.807) is 0 Å². The first-order chi connectivity index (χ1) is 8.25. The van der Waals surface area contributed by atoms with Crippen LogP contribution >= 0.6 is 0 Å². The molecule has 2 rings (SSSR count). The second kappa shape index (κ2) is 6.39. The van der Waals surface area contributed by atoms with Crippen molar-refractivity contribution in [1.82, 2.24) is 10.6 Å². The van der Waals surface area contributed by atoms with E-state index in [0.717, 1.165) is 38.3 Å². The first kappa shape index (κ1) is 12.9. The Bertz CT molecular complexity index is 243. The Morgan fingerprint density at radius 3 is 2.53 bits per heavy atom. The number of hydrogen-bond acceptors (Lipinski definition) is 2. The topological polar surface area (TPSA) is 41.1 Å². The summed E-state index contributed by atoms with van der Waals surface area (Å²) in [7, 11) is 0. The average molecular weight is 238 g/mol. The molecule has 1 heterocycles. The minimum Gasteiger partial charge on any atom is -0.353 e. The van der Waals surface area contributed by atoms with Gasteiger partial charge in [0.1, 0.15) is 0 Å². The number of hydrogen-bond donors (Lipinski definition) is 2. The number of rotatable bonds is 4. The second-order valence-electron chi connectivity index (χ2n) is 5.80. The summed E-state index contributed by atoms with van der Waals surface area (Å²) in [6.45, 7) is 4.34. The SMILES string of the molecule is C[C@H](NC(=O)CC1CCNCC1)C1CCCC1. The standard InChI is InChI=1S/C14H26N2O/c1-11(13-4-2-3-5-13)16-14(17)10-12-6-8-15-9-7-12/h11-13,15H,2-10H2,1H3,(H,16,17)/t11-/m0/s1. The number of carbonyl (C=O) groups is 1. The van der Waals surface area contributed by atoms with Crippen LogP contribution in [0.15, 0.2) is 0 Å². The zero-order valence-corrected chi connectivity index (χ0v) is 11.0. The normalized spacial score (nSPS) is 24.8. The van der Waals surface area contributed by atoms with Gasteiger partial charge in [-0.05, 0) is 57.5 Å². The van der Waals surface area contributed by atoms with Gasteiger partial charge in [0, 0.05) is 12.5 Å². The minimum absolute atomic E-state index is 0.274. The Hall–Kier alpha value is -0.570. The summed E-state index contributed by atoms with van der Waals surface area (Å²) in [4.78, 5) is 11.9. The van der Waals surface area contributed by atoms with Crippen LogP contribution < -0.4 is 10.6 Å². The van der Waals surface area contributed by atoms with Crippen molar-refractivity contribution in [2.45, 2.75) is 57.9 Å². The Balaban J connectivity index is 1.68. The lowest BCUT2D eigenvalue weighted by Crippen LogP contribution is -2.39. The highest BCUT2D eigenvalue weighted by Gasteiger charge is 2.24. The van der Waals surface area contributed by atoms with E-state index < -0.39 is 0 Å². The van der Waals surface area contributed by atoms with Gasteiger partial charge in [0.25, 0.3) is 0 Å². The molecule has 1 amide bonds. The van der Waals surface area contributed by atoms with Crippen LogP contribution in [0.5, 0.6) is 0 Å². The molecule has 1 saturated heterocycles. The van der Waals surface area contributed by atoms with Crippen LogP contribution in [0.25, 0.3) is 0 Å². The van der Waals surface area contributed by atoms with Gasteiger partial charge >= 0.3 is 0 Å². The molecular weight excluding hydrogens is 212 g/mol. The lowest BCUT2D eigenvalue weighted by molar-refractivity contribution is -0.123. The van der Waals surface area contributed by atoms with Gasteiger partial charge in [-0.2, -0.15) is 0 Å². The maximum absolute atomic E-state index is 11.9. The van der Waals surface area contributed by atoms with Crippen molar-refractivity contribution in [3.63, 3.8) is 0 Å². The number of carbonyl (C=O) groups excluding carboxylic acids is 1. The summed E-state index contributed by atoms with van der Waals surface area (Å²) in [6, 6.07) is 0.381. The number of amides is 1. The fourth-order valence-electron chi connectivity index (χ4n) is 3.24. The Labute approximate surface area is 105 Å². The van der Waals surface area contributed by atoms with Crippen LogP contribution in [0.1, 0.15) is 51.9 Å². The lowest BCUT2D eigenvalue weighted by Gasteiger charge is -2.24. The maximum Gasteiger partial charge on any atom is 0.220 e. The third kappa shape index (κ3) is 3.98. The summed E-state index contributed by atoms with van der Waals surface area (Å²) in [5.74, 6) is 1.61. The van der Waals surface area contributed by atoms with Crippen molar-refractivity contribution in [1.29, 1.82) is 0 Å². The van der Waals surface area contributed by atoms with Crippen molar-refractivity contribution in [2.75, 3.05) is 13.1 Å². The zero-order valence-electron chi connectivity index (χ0n) is 11.0. The summed E-state index contributed by atoms with van der Waals surface area (Å²) in [6.07, 6.45) is 8.34. The first-order valence-corrected chi connectivity index (χ1v) is 7.26. The Morgan fingerprint density at radius 2 is 1.88 bits per heavy atom. The van der Waals surface area contributed by atoms with Gasteiger partial charge in [-0.25, -0.2) is 0 Å². The molecule has 0 unspecified atom stereocenters. The van der Waals surface area contributed by atoms with Gasteiger partial charge in [0.15, 0.2) is 0 Å². The fraction of sp³-hybridized carbons (Fsp3) is 0.929. The molecule has 0 aromatic heterocycles. The van der Waals surface area contributed by atoms with E-state index in [9.17, 15) is 4.79 Å². The number of piperidine rings is 1. The lowest BCUT2D eigenvalue weighted by atomic mass is 9.93. The maximum atomic E-state index is 11.9. The second-order valence-corrected chi connectivity index (χ2v) is 5.80. The molecule has 1 aliphatic heterocycles. The molecule has 0 spiro atoms. The van der Waals surface area contributed by atoms with Crippen LogP contribution in [-0.2, 0) is 4.79 Å². The van der Waals surface area contributed by atoms with E-state index in [-0.39, 0.29) is 5.91 Å². The third-order valence-electron chi connectivity index (χ3n) is 4.43. The van der Waals surface area contributed by atoms with E-state index in [1.807, 2.05) is 0 Å². The van der Waals surface area contributed by atoms with Gasteiger partial charge in [-0.3, -0.25) is 4.79 Å². The molecule has 1 aliphatic carbocycles. The summed E-state index contributed by atoms with van der Waals surface area (Å²) >= 11 is 0. The van der Waals surface area contributed by atoms with Crippen molar-refractivity contribution in [3.05, 3.63) is 0 Å². The van der Waals surface area contributed by atoms with Gasteiger partial charge in [-0.15, -0.1) is 0 Å². The molecule has 2 N–H and O–H groups in total. The van der Waals surface area contributed by atoms with Gasteiger partial charge in [0.05, 0.1) is 0 Å². The first-order valence-electron chi connectivity index (χ1n) is 7.26. The van der Waals surface area contributed by atoms with Crippen molar-refractivity contribution in [2.24, 2.45) is 11.8 Å². The molecule has 0 aromatic carbocycles. The van der Waals surface area contributed by atoms with Crippen LogP contribution in [-0.4, -0.2) is 25.0 Å². The molecule has 17 heavy (non-hydrogen) atoms. The predicted molar refractivity (Wildman–Crippen MR) is 69.8 cm³/mol. The largest absolute Gasteiger partial charge is 0.353 e. The highest BCUT2D eigenvalue weighted by Crippen LogP contribution is 2.27. The molecule has 3 nitrogen and oxygen atoms in total. The molecule has 1 atom stereocenters. The van der Waals surface area contributed by atoms with Crippen molar-refractivity contribution in [3.8, 4) is 0 Å². The van der Waals surface area contributed by atoms with Crippen molar-refractivity contribution < 1.29 is 4.79 Å². The molecular formula is C14H26N2O. The van der Waals surface area contributed by atoms with Gasteiger partial charge in [0.2, 0.25) is 5.91 Å². The van der Waals surface area contributed by atoms with Gasteiger partial charge < -0.3 is 10.6 Å². The number of nitrogens with one attached hydrogen (secondary N) is 2. The molecule has 2 fully saturated rings. The molecule has 0 bridgehead atoms. The average Bonchev–Trinajstić information content (AvgIpc) is 2.83. The summed E-state index contributed by atoms with van der Waals surface area (Å²) < 4.78 is 0. The fourth-order valence-corrected chi connectivity index (χ4v) is 3.24. The van der Waals surface area contributed by atoms with Crippen LogP contribution in [0.4, 0.5) is 0 Å². The van der Waals surface area contributed by atoms with Gasteiger partial charge in [-0.1, -0.05) is 12.8 Å². The molecule has 0 aromatic rings. The molecule has 1 saturated carbocycles. The van der Waals surface area contributed by atoms with E-state index in [0.29, 0.717) is 12.0 Å². The third-order valence-corrected chi connectivity index (χ3v) is 4.43. The molecule has 98 valence electrons. The van der Waals surface area contributed by atoms with Crippen LogP contribution in [0.3, 0.4) is 0 Å². The minimum atomic E-state index is 0.274. The zero-order chi connectivity index (χ0) is 12.1. The van der Waals surface area contributed by atoms with E-state index in [1.165, 1.54) is 25.7 Å². The highest BCUT2D eigenvalue weighted by molar-refractivity contribution is 5.76. The van der Waals surface area contributed by atoms with Crippen LogP contribution in [0.2, 0.25) is 0 Å². The predicted octanol–water partition coefficient (Wildman–Crippen LogP) is 2.07. The smallest absolute Gasteiger partial charge is 0.220 e. The monoisotopic (exact) mass is 238 g/mol. The Morgan fingerprint density at radius 1 is 1.24 bits per heavy atom. The molecule has 2 aliphatic rings. The Kier molecular flexibility index (Phi) is 4.84. The van der Waals surface area contributed by atoms with E-state index in [4.69, 9.17) is 0 Å². The summed E-state index contributed by atoms with van der Waals surface area (Å²) in [5, 5.41) is 6.55. The molecule has 3 heteroatoms. The molecule has 0 radical (unpaired) electrons. The van der Waals surface area contributed by atoms with E-state index >= 15 is 0 Å². The quantitative estimate of drug-likeness (QED) is 0.787. The highest BCUT2D eigenvalue weighted by atomic mass is 16.1. The van der Waals surface area contributed by atoms with Crippen molar-refractivity contribution >= 4 is 5.91 Å². The van der Waals surface area contributed by atoms with Crippen LogP contribution in [0, 0.1) is 11.8 Å².